The fourth-order valence-corrected chi connectivity index (χ4v) is 3.23. The molecule has 0 saturated heterocycles. The van der Waals surface area contributed by atoms with Crippen molar-refractivity contribution in [2.45, 2.75) is 38.9 Å². The Kier molecular flexibility index (Phi) is 6.10. The number of fused-ring (bicyclic) bond motifs is 1. The van der Waals surface area contributed by atoms with Gasteiger partial charge in [0.1, 0.15) is 5.75 Å². The van der Waals surface area contributed by atoms with E-state index < -0.39 is 12.8 Å². The zero-order valence-corrected chi connectivity index (χ0v) is 16.1. The Morgan fingerprint density at radius 1 is 1.31 bits per heavy atom. The van der Waals surface area contributed by atoms with Gasteiger partial charge in [-0.15, -0.1) is 0 Å². The highest BCUT2D eigenvalue weighted by Gasteiger charge is 2.28. The average molecular weight is 405 g/mol. The zero-order chi connectivity index (χ0) is 21.0. The second-order valence-electron chi connectivity index (χ2n) is 6.93. The molecule has 29 heavy (non-hydrogen) atoms. The van der Waals surface area contributed by atoms with Crippen LogP contribution in [0, 0.1) is 6.92 Å². The number of pyridine rings is 1. The van der Waals surface area contributed by atoms with Crippen LogP contribution in [-0.2, 0) is 11.2 Å². The van der Waals surface area contributed by atoms with Crippen LogP contribution < -0.4 is 10.1 Å². The first-order valence-electron chi connectivity index (χ1n) is 9.23. The molecule has 0 aliphatic carbocycles. The number of aromatic nitrogens is 2. The number of para-hydroxylation sites is 1. The van der Waals surface area contributed by atoms with Crippen molar-refractivity contribution in [3.63, 3.8) is 0 Å². The quantitative estimate of drug-likeness (QED) is 0.603. The standard InChI is InChI=1S/C21H22F3N3O2/c1-13-9-16(29-12-21(22,23)24)11-26-20(13)14(2)27-19(28)8-7-15-10-25-18-6-4-3-5-17(15)18/h3-6,9-11,14,25H,7-8,12H2,1-2H3,(H,27,28). The van der Waals surface area contributed by atoms with Gasteiger partial charge in [0, 0.05) is 23.5 Å². The van der Waals surface area contributed by atoms with Gasteiger partial charge in [-0.2, -0.15) is 13.2 Å². The van der Waals surface area contributed by atoms with Crippen molar-refractivity contribution >= 4 is 16.8 Å². The number of nitrogens with zero attached hydrogens (tertiary/aromatic N) is 1. The Balaban J connectivity index is 1.56. The van der Waals surface area contributed by atoms with E-state index in [0.717, 1.165) is 16.5 Å². The van der Waals surface area contributed by atoms with Crippen molar-refractivity contribution in [1.29, 1.82) is 0 Å². The highest BCUT2D eigenvalue weighted by molar-refractivity contribution is 5.84. The fourth-order valence-electron chi connectivity index (χ4n) is 3.23. The number of alkyl halides is 3. The van der Waals surface area contributed by atoms with Crippen molar-refractivity contribution in [2.75, 3.05) is 6.61 Å². The van der Waals surface area contributed by atoms with Gasteiger partial charge in [0.25, 0.3) is 0 Å². The van der Waals surface area contributed by atoms with Crippen molar-refractivity contribution in [1.82, 2.24) is 15.3 Å². The molecule has 8 heteroatoms. The Hall–Kier alpha value is -3.03. The molecule has 154 valence electrons. The predicted molar refractivity (Wildman–Crippen MR) is 104 cm³/mol. The van der Waals surface area contributed by atoms with Crippen LogP contribution >= 0.6 is 0 Å². The Bertz CT molecular complexity index is 998. The molecule has 1 atom stereocenters. The molecule has 0 spiro atoms. The van der Waals surface area contributed by atoms with Gasteiger partial charge in [-0.25, -0.2) is 0 Å². The van der Waals surface area contributed by atoms with Gasteiger partial charge in [-0.1, -0.05) is 18.2 Å². The summed E-state index contributed by atoms with van der Waals surface area (Å²) in [5.41, 5.74) is 3.34. The molecule has 0 aliphatic heterocycles. The maximum atomic E-state index is 12.4. The highest BCUT2D eigenvalue weighted by Crippen LogP contribution is 2.23. The molecule has 1 amide bonds. The molecular formula is C21H22F3N3O2. The van der Waals surface area contributed by atoms with E-state index in [0.29, 0.717) is 24.1 Å². The maximum absolute atomic E-state index is 12.4. The van der Waals surface area contributed by atoms with Gasteiger partial charge in [-0.3, -0.25) is 9.78 Å². The van der Waals surface area contributed by atoms with Gasteiger partial charge in [-0.05, 0) is 43.5 Å². The number of H-pyrrole nitrogens is 1. The summed E-state index contributed by atoms with van der Waals surface area (Å²) < 4.78 is 41.5. The summed E-state index contributed by atoms with van der Waals surface area (Å²) in [7, 11) is 0. The van der Waals surface area contributed by atoms with E-state index in [2.05, 4.69) is 15.3 Å². The summed E-state index contributed by atoms with van der Waals surface area (Å²) in [5, 5.41) is 3.99. The molecule has 0 fully saturated rings. The number of rotatable bonds is 7. The SMILES string of the molecule is Cc1cc(OCC(F)(F)F)cnc1C(C)NC(=O)CCc1c[nH]c2ccccc12. The molecule has 0 bridgehead atoms. The lowest BCUT2D eigenvalue weighted by molar-refractivity contribution is -0.153. The van der Waals surface area contributed by atoms with Crippen LogP contribution in [-0.4, -0.2) is 28.7 Å². The second kappa shape index (κ2) is 8.55. The second-order valence-corrected chi connectivity index (χ2v) is 6.93. The van der Waals surface area contributed by atoms with Crippen molar-refractivity contribution in [3.8, 4) is 5.75 Å². The monoisotopic (exact) mass is 405 g/mol. The number of aromatic amines is 1. The molecule has 3 aromatic rings. The topological polar surface area (TPSA) is 67.0 Å². The predicted octanol–water partition coefficient (Wildman–Crippen LogP) is 4.62. The van der Waals surface area contributed by atoms with E-state index in [1.54, 1.807) is 13.8 Å². The molecule has 2 heterocycles. The van der Waals surface area contributed by atoms with Crippen LogP contribution in [0.25, 0.3) is 10.9 Å². The third kappa shape index (κ3) is 5.49. The summed E-state index contributed by atoms with van der Waals surface area (Å²) in [6.45, 7) is 2.14. The number of aryl methyl sites for hydroxylation is 2. The van der Waals surface area contributed by atoms with Crippen LogP contribution in [0.4, 0.5) is 13.2 Å². The number of hydrogen-bond donors (Lipinski definition) is 2. The summed E-state index contributed by atoms with van der Waals surface area (Å²) in [6.07, 6.45) is -0.342. The van der Waals surface area contributed by atoms with Gasteiger partial charge in [0.2, 0.25) is 5.91 Å². The van der Waals surface area contributed by atoms with Gasteiger partial charge in [0.15, 0.2) is 6.61 Å². The van der Waals surface area contributed by atoms with E-state index >= 15 is 0 Å². The third-order valence-corrected chi connectivity index (χ3v) is 4.58. The molecule has 0 aliphatic rings. The van der Waals surface area contributed by atoms with Crippen molar-refractivity contribution < 1.29 is 22.7 Å². The molecule has 3 rings (SSSR count). The van der Waals surface area contributed by atoms with Gasteiger partial charge < -0.3 is 15.0 Å². The number of benzene rings is 1. The Morgan fingerprint density at radius 2 is 2.07 bits per heavy atom. The van der Waals surface area contributed by atoms with Crippen LogP contribution in [0.1, 0.15) is 36.2 Å². The Labute approximate surface area is 166 Å². The summed E-state index contributed by atoms with van der Waals surface area (Å²) in [4.78, 5) is 19.7. The molecule has 0 saturated carbocycles. The number of hydrogen-bond acceptors (Lipinski definition) is 3. The zero-order valence-electron chi connectivity index (χ0n) is 16.1. The molecule has 2 N–H and O–H groups in total. The van der Waals surface area contributed by atoms with E-state index in [9.17, 15) is 18.0 Å². The number of nitrogens with one attached hydrogen (secondary N) is 2. The Morgan fingerprint density at radius 3 is 2.79 bits per heavy atom. The fraction of sp³-hybridized carbons (Fsp3) is 0.333. The van der Waals surface area contributed by atoms with E-state index in [1.165, 1.54) is 12.3 Å². The van der Waals surface area contributed by atoms with Crippen LogP contribution in [0.2, 0.25) is 0 Å². The van der Waals surface area contributed by atoms with Crippen molar-refractivity contribution in [3.05, 3.63) is 59.5 Å². The molecule has 2 aromatic heterocycles. The average Bonchev–Trinajstić information content (AvgIpc) is 3.07. The normalized spacial score (nSPS) is 12.7. The van der Waals surface area contributed by atoms with E-state index in [4.69, 9.17) is 4.74 Å². The lowest BCUT2D eigenvalue weighted by Gasteiger charge is -2.17. The first-order chi connectivity index (χ1) is 13.7. The minimum Gasteiger partial charge on any atom is -0.482 e. The lowest BCUT2D eigenvalue weighted by atomic mass is 10.1. The maximum Gasteiger partial charge on any atom is 0.422 e. The minimum atomic E-state index is -4.40. The molecule has 0 radical (unpaired) electrons. The van der Waals surface area contributed by atoms with Crippen LogP contribution in [0.5, 0.6) is 5.75 Å². The largest absolute Gasteiger partial charge is 0.482 e. The van der Waals surface area contributed by atoms with Crippen molar-refractivity contribution in [2.24, 2.45) is 0 Å². The number of ether oxygens (including phenoxy) is 1. The number of halogens is 3. The third-order valence-electron chi connectivity index (χ3n) is 4.58. The first kappa shape index (κ1) is 20.7. The van der Waals surface area contributed by atoms with Crippen LogP contribution in [0.15, 0.2) is 42.7 Å². The number of amides is 1. The molecule has 1 unspecified atom stereocenters. The van der Waals surface area contributed by atoms with Gasteiger partial charge >= 0.3 is 6.18 Å². The summed E-state index contributed by atoms with van der Waals surface area (Å²) >= 11 is 0. The van der Waals surface area contributed by atoms with Crippen LogP contribution in [0.3, 0.4) is 0 Å². The van der Waals surface area contributed by atoms with E-state index in [1.807, 2.05) is 30.5 Å². The lowest BCUT2D eigenvalue weighted by Crippen LogP contribution is -2.28. The van der Waals surface area contributed by atoms with E-state index in [-0.39, 0.29) is 17.7 Å². The minimum absolute atomic E-state index is 0.0430. The number of carbonyl (C=O) groups is 1. The van der Waals surface area contributed by atoms with Gasteiger partial charge in [0.05, 0.1) is 17.9 Å². The molecule has 5 nitrogen and oxygen atoms in total. The summed E-state index contributed by atoms with van der Waals surface area (Å²) in [6, 6.07) is 9.02. The smallest absolute Gasteiger partial charge is 0.422 e. The number of carbonyl (C=O) groups excluding carboxylic acids is 1. The highest BCUT2D eigenvalue weighted by atomic mass is 19.4. The molecular weight excluding hydrogens is 383 g/mol. The summed E-state index contributed by atoms with van der Waals surface area (Å²) in [5.74, 6) is -0.0807. The molecule has 1 aromatic carbocycles. The first-order valence-corrected chi connectivity index (χ1v) is 9.23.